The minimum atomic E-state index is -0.785. The van der Waals surface area contributed by atoms with Gasteiger partial charge in [0, 0.05) is 17.9 Å². The van der Waals surface area contributed by atoms with Gasteiger partial charge in [0.25, 0.3) is 5.91 Å². The van der Waals surface area contributed by atoms with Crippen LogP contribution in [0.2, 0.25) is 0 Å². The zero-order chi connectivity index (χ0) is 25.1. The Morgan fingerprint density at radius 1 is 1.03 bits per heavy atom. The summed E-state index contributed by atoms with van der Waals surface area (Å²) in [6, 6.07) is 22.6. The van der Waals surface area contributed by atoms with E-state index in [0.29, 0.717) is 23.3 Å². The second-order valence-electron chi connectivity index (χ2n) is 8.66. The molecule has 2 aliphatic heterocycles. The van der Waals surface area contributed by atoms with Crippen molar-refractivity contribution in [1.82, 2.24) is 10.2 Å². The molecule has 2 amide bonds. The quantitative estimate of drug-likeness (QED) is 0.516. The van der Waals surface area contributed by atoms with E-state index in [1.54, 1.807) is 12.0 Å². The lowest BCUT2D eigenvalue weighted by atomic mass is 10.1. The van der Waals surface area contributed by atoms with Crippen molar-refractivity contribution in [2.24, 2.45) is 9.98 Å². The van der Waals surface area contributed by atoms with Gasteiger partial charge in [-0.2, -0.15) is 0 Å². The number of aryl methyl sites for hydroxylation is 1. The molecule has 0 fully saturated rings. The molecule has 1 N–H and O–H groups in total. The summed E-state index contributed by atoms with van der Waals surface area (Å²) < 4.78 is 5.17. The Labute approximate surface area is 214 Å². The number of hydrogen-bond acceptors (Lipinski definition) is 6. The molecule has 2 heterocycles. The van der Waals surface area contributed by atoms with Crippen LogP contribution >= 0.6 is 11.8 Å². The first-order valence-electron chi connectivity index (χ1n) is 11.7. The second kappa shape index (κ2) is 10.4. The van der Waals surface area contributed by atoms with E-state index in [9.17, 15) is 9.59 Å². The Kier molecular flexibility index (Phi) is 6.86. The predicted molar refractivity (Wildman–Crippen MR) is 143 cm³/mol. The number of ether oxygens (including phenoxy) is 1. The highest BCUT2D eigenvalue weighted by atomic mass is 32.2. The number of carbonyl (C=O) groups excluding carboxylic acids is 2. The number of thioether (sulfide) groups is 1. The first-order chi connectivity index (χ1) is 17.5. The van der Waals surface area contributed by atoms with E-state index in [2.05, 4.69) is 41.5 Å². The maximum Gasteiger partial charge on any atom is 0.259 e. The van der Waals surface area contributed by atoms with E-state index in [-0.39, 0.29) is 18.2 Å². The fourth-order valence-corrected chi connectivity index (χ4v) is 5.01. The van der Waals surface area contributed by atoms with Gasteiger partial charge < -0.3 is 10.1 Å². The summed E-state index contributed by atoms with van der Waals surface area (Å²) >= 11 is 1.49. The van der Waals surface area contributed by atoms with Crippen LogP contribution < -0.4 is 10.1 Å². The van der Waals surface area contributed by atoms with Crippen LogP contribution in [-0.2, 0) is 21.9 Å². The summed E-state index contributed by atoms with van der Waals surface area (Å²) in [7, 11) is 1.61. The Bertz CT molecular complexity index is 1350. The highest BCUT2D eigenvalue weighted by Crippen LogP contribution is 2.34. The van der Waals surface area contributed by atoms with E-state index in [0.717, 1.165) is 28.1 Å². The molecule has 5 rings (SSSR count). The number of fused-ring (bicyclic) bond motifs is 3. The van der Waals surface area contributed by atoms with Crippen LogP contribution in [0, 0.1) is 6.92 Å². The van der Waals surface area contributed by atoms with Gasteiger partial charge in [-0.1, -0.05) is 65.9 Å². The van der Waals surface area contributed by atoms with E-state index >= 15 is 0 Å². The van der Waals surface area contributed by atoms with Crippen LogP contribution in [0.3, 0.4) is 0 Å². The van der Waals surface area contributed by atoms with Crippen molar-refractivity contribution in [3.05, 3.63) is 95.1 Å². The van der Waals surface area contributed by atoms with Gasteiger partial charge in [0.15, 0.2) is 5.17 Å². The average Bonchev–Trinajstić information content (AvgIpc) is 3.23. The number of aliphatic imine (C=N–C) groups is 2. The molecule has 3 aromatic carbocycles. The summed E-state index contributed by atoms with van der Waals surface area (Å²) in [6.45, 7) is 2.42. The van der Waals surface area contributed by atoms with Crippen LogP contribution in [0.25, 0.3) is 0 Å². The molecule has 3 aromatic rings. The highest BCUT2D eigenvalue weighted by molar-refractivity contribution is 8.13. The summed E-state index contributed by atoms with van der Waals surface area (Å²) in [4.78, 5) is 37.1. The van der Waals surface area contributed by atoms with Gasteiger partial charge in [-0.3, -0.25) is 14.6 Å². The smallest absolute Gasteiger partial charge is 0.259 e. The summed E-state index contributed by atoms with van der Waals surface area (Å²) in [5.41, 5.74) is 4.86. The fourth-order valence-electron chi connectivity index (χ4n) is 4.06. The molecule has 0 saturated heterocycles. The Hall–Kier alpha value is -3.91. The molecule has 0 saturated carbocycles. The average molecular weight is 499 g/mol. The van der Waals surface area contributed by atoms with Gasteiger partial charge in [-0.25, -0.2) is 9.89 Å². The van der Waals surface area contributed by atoms with Crippen molar-refractivity contribution in [3.63, 3.8) is 0 Å². The van der Waals surface area contributed by atoms with Crippen LogP contribution in [-0.4, -0.2) is 40.9 Å². The number of hydrogen-bond donors (Lipinski definition) is 1. The number of benzene rings is 3. The number of amidine groups is 2. The molecule has 182 valence electrons. The number of methoxy groups -OCH3 is 1. The monoisotopic (exact) mass is 498 g/mol. The normalized spacial score (nSPS) is 16.1. The SMILES string of the molecule is COc1ccc(CNC(=O)CC2N=C3c4ccccc4N=C(SCc4ccc(C)cc4)N3C2=O)cc1. The number of carbonyl (C=O) groups is 2. The number of rotatable bonds is 7. The maximum absolute atomic E-state index is 13.4. The van der Waals surface area contributed by atoms with Gasteiger partial charge in [-0.05, 0) is 42.3 Å². The summed E-state index contributed by atoms with van der Waals surface area (Å²) in [6.07, 6.45) is -0.0208. The third-order valence-electron chi connectivity index (χ3n) is 6.06. The van der Waals surface area contributed by atoms with Crippen molar-refractivity contribution in [2.45, 2.75) is 31.7 Å². The van der Waals surface area contributed by atoms with Gasteiger partial charge >= 0.3 is 0 Å². The topological polar surface area (TPSA) is 83.4 Å². The van der Waals surface area contributed by atoms with Gasteiger partial charge in [-0.15, -0.1) is 0 Å². The Morgan fingerprint density at radius 3 is 2.50 bits per heavy atom. The minimum absolute atomic E-state index is 0.0208. The number of para-hydroxylation sites is 1. The molecular formula is C28H26N4O3S. The highest BCUT2D eigenvalue weighted by Gasteiger charge is 2.42. The standard InChI is InChI=1S/C28H26N4O3S/c1-18-7-9-20(10-8-18)17-36-28-31-23-6-4-3-5-22(23)26-30-24(27(34)32(26)28)15-25(33)29-16-19-11-13-21(35-2)14-12-19/h3-14,24H,15-17H2,1-2H3,(H,29,33). The zero-order valence-electron chi connectivity index (χ0n) is 20.1. The van der Waals surface area contributed by atoms with Gasteiger partial charge in [0.1, 0.15) is 17.6 Å². The van der Waals surface area contributed by atoms with Gasteiger partial charge in [0.2, 0.25) is 5.91 Å². The molecule has 0 radical (unpaired) electrons. The lowest BCUT2D eigenvalue weighted by Crippen LogP contribution is -2.42. The fraction of sp³-hybridized carbons (Fsp3) is 0.214. The molecule has 8 heteroatoms. The molecule has 0 aromatic heterocycles. The lowest BCUT2D eigenvalue weighted by Gasteiger charge is -2.25. The third kappa shape index (κ3) is 5.04. The van der Waals surface area contributed by atoms with E-state index in [4.69, 9.17) is 9.73 Å². The molecule has 0 spiro atoms. The molecule has 7 nitrogen and oxygen atoms in total. The molecular weight excluding hydrogens is 472 g/mol. The van der Waals surface area contributed by atoms with E-state index in [1.807, 2.05) is 48.5 Å². The van der Waals surface area contributed by atoms with Crippen LogP contribution in [0.1, 0.15) is 28.7 Å². The van der Waals surface area contributed by atoms with Crippen molar-refractivity contribution >= 4 is 40.3 Å². The van der Waals surface area contributed by atoms with E-state index in [1.165, 1.54) is 17.3 Å². The molecule has 0 aliphatic carbocycles. The Balaban J connectivity index is 1.30. The van der Waals surface area contributed by atoms with Crippen molar-refractivity contribution in [2.75, 3.05) is 7.11 Å². The van der Waals surface area contributed by atoms with Crippen molar-refractivity contribution in [3.8, 4) is 5.75 Å². The second-order valence-corrected chi connectivity index (χ2v) is 9.60. The first kappa shape index (κ1) is 23.8. The van der Waals surface area contributed by atoms with Crippen LogP contribution in [0.4, 0.5) is 5.69 Å². The maximum atomic E-state index is 13.4. The largest absolute Gasteiger partial charge is 0.497 e. The molecule has 1 unspecified atom stereocenters. The van der Waals surface area contributed by atoms with E-state index < -0.39 is 6.04 Å². The third-order valence-corrected chi connectivity index (χ3v) is 7.07. The zero-order valence-corrected chi connectivity index (χ0v) is 20.9. The van der Waals surface area contributed by atoms with Crippen molar-refractivity contribution in [1.29, 1.82) is 0 Å². The minimum Gasteiger partial charge on any atom is -0.497 e. The van der Waals surface area contributed by atoms with Crippen LogP contribution in [0.15, 0.2) is 82.8 Å². The molecule has 2 aliphatic rings. The summed E-state index contributed by atoms with van der Waals surface area (Å²) in [5, 5.41) is 3.47. The number of nitrogens with zero attached hydrogens (tertiary/aromatic N) is 3. The molecule has 1 atom stereocenters. The number of amides is 2. The summed E-state index contributed by atoms with van der Waals surface area (Å²) in [5.74, 6) is 1.53. The number of nitrogens with one attached hydrogen (secondary N) is 1. The first-order valence-corrected chi connectivity index (χ1v) is 12.7. The van der Waals surface area contributed by atoms with Crippen molar-refractivity contribution < 1.29 is 14.3 Å². The Morgan fingerprint density at radius 2 is 1.75 bits per heavy atom. The van der Waals surface area contributed by atoms with Crippen LogP contribution in [0.5, 0.6) is 5.75 Å². The predicted octanol–water partition coefficient (Wildman–Crippen LogP) is 4.60. The lowest BCUT2D eigenvalue weighted by molar-refractivity contribution is -0.128. The molecule has 36 heavy (non-hydrogen) atoms. The van der Waals surface area contributed by atoms with Gasteiger partial charge in [0.05, 0.1) is 19.2 Å². The molecule has 0 bridgehead atoms.